The summed E-state index contributed by atoms with van der Waals surface area (Å²) in [7, 11) is 0. The molecule has 2 aromatic carbocycles. The van der Waals surface area contributed by atoms with E-state index in [1.165, 1.54) is 0 Å². The highest BCUT2D eigenvalue weighted by atomic mass is 16.5. The maximum Gasteiger partial charge on any atom is 0.338 e. The van der Waals surface area contributed by atoms with Crippen LogP contribution in [0.25, 0.3) is 21.8 Å². The van der Waals surface area contributed by atoms with Gasteiger partial charge in [-0.3, -0.25) is 4.79 Å². The lowest BCUT2D eigenvalue weighted by Gasteiger charge is -2.03. The van der Waals surface area contributed by atoms with Crippen LogP contribution in [-0.4, -0.2) is 23.3 Å². The molecule has 0 atom stereocenters. The molecule has 0 unspecified atom stereocenters. The van der Waals surface area contributed by atoms with Gasteiger partial charge in [0, 0.05) is 33.8 Å². The minimum Gasteiger partial charge on any atom is -0.462 e. The number of carbonyl (C=O) groups is 2. The Hall–Kier alpha value is -2.62. The van der Waals surface area contributed by atoms with Gasteiger partial charge in [-0.25, -0.2) is 4.79 Å². The van der Waals surface area contributed by atoms with E-state index in [-0.39, 0.29) is 11.8 Å². The van der Waals surface area contributed by atoms with Crippen molar-refractivity contribution in [1.82, 2.24) is 4.98 Å². The summed E-state index contributed by atoms with van der Waals surface area (Å²) in [5.74, 6) is -0.116. The van der Waals surface area contributed by atoms with E-state index in [0.29, 0.717) is 18.6 Å². The molecule has 1 aliphatic rings. The standard InChI is InChI=1S/C18H15NO3/c1-2-22-18(21)10-3-6-14-13(9-10)17-12-5-8-16(20)11(12)4-7-15(17)19-14/h3-4,6-7,9,19H,2,5,8H2,1H3. The van der Waals surface area contributed by atoms with Gasteiger partial charge in [0.15, 0.2) is 5.78 Å². The zero-order valence-corrected chi connectivity index (χ0v) is 12.2. The maximum atomic E-state index is 11.9. The number of benzene rings is 2. The Labute approximate surface area is 127 Å². The average molecular weight is 293 g/mol. The number of Topliss-reactive ketones (excluding diaryl/α,β-unsaturated/α-hetero) is 1. The number of aromatic nitrogens is 1. The number of H-pyrrole nitrogens is 1. The number of fused-ring (bicyclic) bond motifs is 5. The average Bonchev–Trinajstić information content (AvgIpc) is 3.07. The summed E-state index contributed by atoms with van der Waals surface area (Å²) in [5.41, 5.74) is 4.42. The van der Waals surface area contributed by atoms with Gasteiger partial charge in [0.1, 0.15) is 0 Å². The van der Waals surface area contributed by atoms with Crippen LogP contribution in [0, 0.1) is 0 Å². The highest BCUT2D eigenvalue weighted by Gasteiger charge is 2.23. The Morgan fingerprint density at radius 2 is 2.00 bits per heavy atom. The Morgan fingerprint density at radius 3 is 2.82 bits per heavy atom. The van der Waals surface area contributed by atoms with Crippen molar-refractivity contribution in [1.29, 1.82) is 0 Å². The van der Waals surface area contributed by atoms with Crippen molar-refractivity contribution in [2.75, 3.05) is 6.61 Å². The van der Waals surface area contributed by atoms with Crippen molar-refractivity contribution in [2.24, 2.45) is 0 Å². The third kappa shape index (κ3) is 1.77. The first kappa shape index (κ1) is 13.1. The van der Waals surface area contributed by atoms with Crippen molar-refractivity contribution >= 4 is 33.6 Å². The third-order valence-electron chi connectivity index (χ3n) is 4.28. The number of hydrogen-bond donors (Lipinski definition) is 1. The molecule has 0 saturated carbocycles. The topological polar surface area (TPSA) is 59.2 Å². The monoisotopic (exact) mass is 293 g/mol. The summed E-state index contributed by atoms with van der Waals surface area (Å²) in [6.07, 6.45) is 1.33. The lowest BCUT2D eigenvalue weighted by atomic mass is 10.0. The summed E-state index contributed by atoms with van der Waals surface area (Å²) in [6.45, 7) is 2.15. The Morgan fingerprint density at radius 1 is 1.18 bits per heavy atom. The Bertz CT molecular complexity index is 936. The van der Waals surface area contributed by atoms with Crippen LogP contribution < -0.4 is 0 Å². The second-order valence-electron chi connectivity index (χ2n) is 5.54. The van der Waals surface area contributed by atoms with E-state index >= 15 is 0 Å². The van der Waals surface area contributed by atoms with Gasteiger partial charge in [0.05, 0.1) is 12.2 Å². The van der Waals surface area contributed by atoms with Crippen LogP contribution in [0.5, 0.6) is 0 Å². The number of hydrogen-bond acceptors (Lipinski definition) is 3. The number of nitrogens with one attached hydrogen (secondary N) is 1. The summed E-state index contributed by atoms with van der Waals surface area (Å²) < 4.78 is 5.07. The summed E-state index contributed by atoms with van der Waals surface area (Å²) >= 11 is 0. The van der Waals surface area contributed by atoms with Crippen molar-refractivity contribution in [3.63, 3.8) is 0 Å². The zero-order chi connectivity index (χ0) is 15.3. The van der Waals surface area contributed by atoms with Crippen LogP contribution in [0.2, 0.25) is 0 Å². The summed E-state index contributed by atoms with van der Waals surface area (Å²) in [6, 6.07) is 9.36. The van der Waals surface area contributed by atoms with E-state index in [1.54, 1.807) is 13.0 Å². The molecule has 1 aliphatic carbocycles. The van der Waals surface area contributed by atoms with Gasteiger partial charge < -0.3 is 9.72 Å². The fourth-order valence-corrected chi connectivity index (χ4v) is 3.30. The fourth-order valence-electron chi connectivity index (χ4n) is 3.30. The first-order valence-electron chi connectivity index (χ1n) is 7.46. The first-order chi connectivity index (χ1) is 10.7. The van der Waals surface area contributed by atoms with Gasteiger partial charge in [-0.2, -0.15) is 0 Å². The smallest absolute Gasteiger partial charge is 0.338 e. The molecule has 0 bridgehead atoms. The van der Waals surface area contributed by atoms with Crippen LogP contribution in [0.3, 0.4) is 0 Å². The molecule has 22 heavy (non-hydrogen) atoms. The molecule has 110 valence electrons. The maximum absolute atomic E-state index is 11.9. The van der Waals surface area contributed by atoms with Gasteiger partial charge >= 0.3 is 5.97 Å². The number of rotatable bonds is 2. The Kier molecular flexibility index (Phi) is 2.79. The van der Waals surface area contributed by atoms with E-state index in [9.17, 15) is 9.59 Å². The van der Waals surface area contributed by atoms with Crippen molar-refractivity contribution < 1.29 is 14.3 Å². The van der Waals surface area contributed by atoms with Crippen molar-refractivity contribution in [2.45, 2.75) is 19.8 Å². The van der Waals surface area contributed by atoms with Crippen molar-refractivity contribution in [3.8, 4) is 0 Å². The highest BCUT2D eigenvalue weighted by Crippen LogP contribution is 2.35. The molecule has 0 radical (unpaired) electrons. The lowest BCUT2D eigenvalue weighted by molar-refractivity contribution is 0.0526. The minimum absolute atomic E-state index is 0.202. The van der Waals surface area contributed by atoms with Gasteiger partial charge in [0.25, 0.3) is 0 Å². The molecule has 4 nitrogen and oxygen atoms in total. The molecule has 3 aromatic rings. The minimum atomic E-state index is -0.317. The molecule has 1 heterocycles. The number of esters is 1. The molecule has 0 amide bonds. The predicted octanol–water partition coefficient (Wildman–Crippen LogP) is 3.63. The van der Waals surface area contributed by atoms with Gasteiger partial charge in [0.2, 0.25) is 0 Å². The van der Waals surface area contributed by atoms with Crippen LogP contribution in [0.15, 0.2) is 30.3 Å². The second kappa shape index (κ2) is 4.70. The second-order valence-corrected chi connectivity index (χ2v) is 5.54. The molecular formula is C18H15NO3. The SMILES string of the molecule is CCOC(=O)c1ccc2[nH]c3ccc4c(c3c2c1)CCC4=O. The van der Waals surface area contributed by atoms with Gasteiger partial charge in [-0.05, 0) is 49.2 Å². The number of ketones is 1. The van der Waals surface area contributed by atoms with E-state index in [4.69, 9.17) is 4.74 Å². The van der Waals surface area contributed by atoms with Crippen LogP contribution in [0.1, 0.15) is 39.6 Å². The Balaban J connectivity index is 2.00. The van der Waals surface area contributed by atoms with Crippen molar-refractivity contribution in [3.05, 3.63) is 47.0 Å². The fraction of sp³-hybridized carbons (Fsp3) is 0.222. The molecule has 0 spiro atoms. The quantitative estimate of drug-likeness (QED) is 0.734. The molecule has 0 fully saturated rings. The summed E-state index contributed by atoms with van der Waals surface area (Å²) in [4.78, 5) is 27.2. The number of aryl methyl sites for hydroxylation is 1. The van der Waals surface area contributed by atoms with E-state index in [0.717, 1.165) is 39.4 Å². The van der Waals surface area contributed by atoms with E-state index in [1.807, 2.05) is 24.3 Å². The normalized spacial score (nSPS) is 13.8. The molecule has 1 N–H and O–H groups in total. The molecule has 0 saturated heterocycles. The molecular weight excluding hydrogens is 278 g/mol. The molecule has 0 aliphatic heterocycles. The van der Waals surface area contributed by atoms with Crippen LogP contribution in [-0.2, 0) is 11.2 Å². The zero-order valence-electron chi connectivity index (χ0n) is 12.2. The predicted molar refractivity (Wildman–Crippen MR) is 84.4 cm³/mol. The lowest BCUT2D eigenvalue weighted by Crippen LogP contribution is -2.04. The van der Waals surface area contributed by atoms with E-state index in [2.05, 4.69) is 4.98 Å². The highest BCUT2D eigenvalue weighted by molar-refractivity contribution is 6.15. The third-order valence-corrected chi connectivity index (χ3v) is 4.28. The van der Waals surface area contributed by atoms with E-state index < -0.39 is 0 Å². The van der Waals surface area contributed by atoms with Crippen LogP contribution in [0.4, 0.5) is 0 Å². The van der Waals surface area contributed by atoms with Gasteiger partial charge in [-0.1, -0.05) is 0 Å². The number of aromatic amines is 1. The van der Waals surface area contributed by atoms with Crippen LogP contribution >= 0.6 is 0 Å². The summed E-state index contributed by atoms with van der Waals surface area (Å²) in [5, 5.41) is 2.04. The molecule has 4 rings (SSSR count). The molecule has 1 aromatic heterocycles. The largest absolute Gasteiger partial charge is 0.462 e. The molecule has 4 heteroatoms. The number of ether oxygens (including phenoxy) is 1. The first-order valence-corrected chi connectivity index (χ1v) is 7.46. The van der Waals surface area contributed by atoms with Gasteiger partial charge in [-0.15, -0.1) is 0 Å². The number of carbonyl (C=O) groups excluding carboxylic acids is 2.